The molecule has 6 heteroatoms. The fourth-order valence-corrected chi connectivity index (χ4v) is 2.35. The number of hydrogen-bond acceptors (Lipinski definition) is 3. The standard InChI is InChI=1S/C16H23FN4O/c17-12-6-7-13-14(11-12)21-15(20-13)8-10-19-16(22)5-3-1-2-4-9-18/h6-7,11H,1-5,8-10,18H2,(H,19,22)(H,20,21). The minimum atomic E-state index is -0.286. The summed E-state index contributed by atoms with van der Waals surface area (Å²) in [5.41, 5.74) is 6.84. The molecule has 0 unspecified atom stereocenters. The first kappa shape index (κ1) is 16.4. The van der Waals surface area contributed by atoms with E-state index in [9.17, 15) is 9.18 Å². The highest BCUT2D eigenvalue weighted by Gasteiger charge is 2.05. The molecule has 0 aliphatic heterocycles. The highest BCUT2D eigenvalue weighted by molar-refractivity contribution is 5.76. The second-order valence-electron chi connectivity index (χ2n) is 5.40. The van der Waals surface area contributed by atoms with Crippen LogP contribution in [0, 0.1) is 5.82 Å². The van der Waals surface area contributed by atoms with Gasteiger partial charge in [0.25, 0.3) is 0 Å². The summed E-state index contributed by atoms with van der Waals surface area (Å²) in [4.78, 5) is 19.1. The van der Waals surface area contributed by atoms with Gasteiger partial charge in [-0.3, -0.25) is 4.79 Å². The highest BCUT2D eigenvalue weighted by atomic mass is 19.1. The van der Waals surface area contributed by atoms with Gasteiger partial charge in [-0.1, -0.05) is 12.8 Å². The van der Waals surface area contributed by atoms with E-state index in [-0.39, 0.29) is 11.7 Å². The fourth-order valence-electron chi connectivity index (χ4n) is 2.35. The molecule has 0 spiro atoms. The third kappa shape index (κ3) is 5.11. The predicted molar refractivity (Wildman–Crippen MR) is 84.9 cm³/mol. The van der Waals surface area contributed by atoms with Gasteiger partial charge in [0.2, 0.25) is 5.91 Å². The molecule has 0 aliphatic rings. The maximum absolute atomic E-state index is 13.1. The van der Waals surface area contributed by atoms with Crippen LogP contribution in [0.3, 0.4) is 0 Å². The van der Waals surface area contributed by atoms with Crippen LogP contribution in [0.25, 0.3) is 11.0 Å². The van der Waals surface area contributed by atoms with Gasteiger partial charge in [0.1, 0.15) is 11.6 Å². The van der Waals surface area contributed by atoms with Gasteiger partial charge in [-0.25, -0.2) is 9.37 Å². The van der Waals surface area contributed by atoms with Crippen LogP contribution >= 0.6 is 0 Å². The molecule has 0 atom stereocenters. The first-order valence-electron chi connectivity index (χ1n) is 7.80. The fraction of sp³-hybridized carbons (Fsp3) is 0.500. The predicted octanol–water partition coefficient (Wildman–Crippen LogP) is 2.27. The second kappa shape index (κ2) is 8.48. The summed E-state index contributed by atoms with van der Waals surface area (Å²) in [6.07, 6.45) is 5.20. The van der Waals surface area contributed by atoms with E-state index in [1.54, 1.807) is 6.07 Å². The molecular formula is C16H23FN4O. The van der Waals surface area contributed by atoms with Gasteiger partial charge >= 0.3 is 0 Å². The van der Waals surface area contributed by atoms with Crippen LogP contribution in [0.2, 0.25) is 0 Å². The smallest absolute Gasteiger partial charge is 0.220 e. The van der Waals surface area contributed by atoms with Crippen molar-refractivity contribution in [2.24, 2.45) is 5.73 Å². The van der Waals surface area contributed by atoms with Crippen LogP contribution < -0.4 is 11.1 Å². The summed E-state index contributed by atoms with van der Waals surface area (Å²) in [5, 5.41) is 2.88. The number of nitrogens with two attached hydrogens (primary N) is 1. The first-order chi connectivity index (χ1) is 10.7. The molecule has 5 nitrogen and oxygen atoms in total. The number of aromatic amines is 1. The van der Waals surface area contributed by atoms with Crippen molar-refractivity contribution in [2.45, 2.75) is 38.5 Å². The zero-order chi connectivity index (χ0) is 15.8. The lowest BCUT2D eigenvalue weighted by atomic mass is 10.1. The lowest BCUT2D eigenvalue weighted by Crippen LogP contribution is -2.25. The Morgan fingerprint density at radius 2 is 2.09 bits per heavy atom. The van der Waals surface area contributed by atoms with Gasteiger partial charge in [0.05, 0.1) is 11.0 Å². The summed E-state index contributed by atoms with van der Waals surface area (Å²) >= 11 is 0. The maximum atomic E-state index is 13.1. The van der Waals surface area contributed by atoms with Crippen LogP contribution in [0.1, 0.15) is 37.9 Å². The number of nitrogens with zero attached hydrogens (tertiary/aromatic N) is 1. The Morgan fingerprint density at radius 3 is 2.91 bits per heavy atom. The number of benzene rings is 1. The maximum Gasteiger partial charge on any atom is 0.220 e. The van der Waals surface area contributed by atoms with E-state index in [1.807, 2.05) is 0 Å². The molecule has 2 rings (SSSR count). The molecule has 0 aliphatic carbocycles. The molecule has 0 saturated heterocycles. The average molecular weight is 306 g/mol. The highest BCUT2D eigenvalue weighted by Crippen LogP contribution is 2.12. The number of nitrogens with one attached hydrogen (secondary N) is 2. The third-order valence-electron chi connectivity index (χ3n) is 3.53. The Balaban J connectivity index is 1.67. The van der Waals surface area contributed by atoms with E-state index in [1.165, 1.54) is 12.1 Å². The Labute approximate surface area is 129 Å². The van der Waals surface area contributed by atoms with E-state index in [4.69, 9.17) is 5.73 Å². The molecule has 2 aromatic rings. The molecule has 0 bridgehead atoms. The van der Waals surface area contributed by atoms with E-state index in [0.717, 1.165) is 37.0 Å². The molecule has 0 radical (unpaired) electrons. The first-order valence-corrected chi connectivity index (χ1v) is 7.80. The summed E-state index contributed by atoms with van der Waals surface area (Å²) in [6, 6.07) is 4.45. The Hall–Kier alpha value is -1.95. The zero-order valence-electron chi connectivity index (χ0n) is 12.7. The van der Waals surface area contributed by atoms with Crippen molar-refractivity contribution in [3.05, 3.63) is 29.8 Å². The van der Waals surface area contributed by atoms with E-state index in [0.29, 0.717) is 31.4 Å². The quantitative estimate of drug-likeness (QED) is 0.621. The average Bonchev–Trinajstić information content (AvgIpc) is 2.88. The Bertz CT molecular complexity index is 611. The minimum absolute atomic E-state index is 0.0647. The van der Waals surface area contributed by atoms with Crippen molar-refractivity contribution in [3.63, 3.8) is 0 Å². The van der Waals surface area contributed by atoms with E-state index >= 15 is 0 Å². The van der Waals surface area contributed by atoms with Gasteiger partial charge < -0.3 is 16.0 Å². The van der Waals surface area contributed by atoms with Crippen LogP contribution in [0.5, 0.6) is 0 Å². The van der Waals surface area contributed by atoms with Crippen molar-refractivity contribution in [3.8, 4) is 0 Å². The molecule has 1 aromatic carbocycles. The monoisotopic (exact) mass is 306 g/mol. The lowest BCUT2D eigenvalue weighted by molar-refractivity contribution is -0.121. The third-order valence-corrected chi connectivity index (χ3v) is 3.53. The van der Waals surface area contributed by atoms with Crippen LogP contribution in [0.4, 0.5) is 4.39 Å². The summed E-state index contributed by atoms with van der Waals surface area (Å²) in [6.45, 7) is 1.25. The van der Waals surface area contributed by atoms with Gasteiger partial charge in [-0.05, 0) is 37.6 Å². The number of amides is 1. The molecule has 1 amide bonds. The number of imidazole rings is 1. The number of hydrogen-bond donors (Lipinski definition) is 3. The normalized spacial score (nSPS) is 11.0. The van der Waals surface area contributed by atoms with Crippen LogP contribution in [-0.2, 0) is 11.2 Å². The van der Waals surface area contributed by atoms with Gasteiger partial charge in [0, 0.05) is 19.4 Å². The molecule has 0 saturated carbocycles. The topological polar surface area (TPSA) is 83.8 Å². The van der Waals surface area contributed by atoms with Crippen molar-refractivity contribution < 1.29 is 9.18 Å². The number of aromatic nitrogens is 2. The van der Waals surface area contributed by atoms with Gasteiger partial charge in [-0.2, -0.15) is 0 Å². The van der Waals surface area contributed by atoms with Crippen molar-refractivity contribution >= 4 is 16.9 Å². The van der Waals surface area contributed by atoms with Gasteiger partial charge in [-0.15, -0.1) is 0 Å². The van der Waals surface area contributed by atoms with E-state index < -0.39 is 0 Å². The second-order valence-corrected chi connectivity index (χ2v) is 5.40. The molecule has 22 heavy (non-hydrogen) atoms. The molecule has 120 valence electrons. The lowest BCUT2D eigenvalue weighted by Gasteiger charge is -2.04. The van der Waals surface area contributed by atoms with E-state index in [2.05, 4.69) is 15.3 Å². The minimum Gasteiger partial charge on any atom is -0.356 e. The number of halogens is 1. The van der Waals surface area contributed by atoms with Crippen LogP contribution in [0.15, 0.2) is 18.2 Å². The van der Waals surface area contributed by atoms with Gasteiger partial charge in [0.15, 0.2) is 0 Å². The number of H-pyrrole nitrogens is 1. The Kier molecular flexibility index (Phi) is 6.33. The number of unbranched alkanes of at least 4 members (excludes halogenated alkanes) is 3. The molecule has 4 N–H and O–H groups in total. The van der Waals surface area contributed by atoms with Crippen molar-refractivity contribution in [2.75, 3.05) is 13.1 Å². The van der Waals surface area contributed by atoms with Crippen molar-refractivity contribution in [1.82, 2.24) is 15.3 Å². The van der Waals surface area contributed by atoms with Crippen molar-refractivity contribution in [1.29, 1.82) is 0 Å². The number of carbonyl (C=O) groups excluding carboxylic acids is 1. The number of rotatable bonds is 9. The number of fused-ring (bicyclic) bond motifs is 1. The molecule has 1 heterocycles. The molecule has 0 fully saturated rings. The van der Waals surface area contributed by atoms with Crippen LogP contribution in [-0.4, -0.2) is 29.0 Å². The Morgan fingerprint density at radius 1 is 1.27 bits per heavy atom. The summed E-state index contributed by atoms with van der Waals surface area (Å²) < 4.78 is 13.1. The largest absolute Gasteiger partial charge is 0.356 e. The number of carbonyl (C=O) groups is 1. The summed E-state index contributed by atoms with van der Waals surface area (Å²) in [5.74, 6) is 0.532. The zero-order valence-corrected chi connectivity index (χ0v) is 12.7. The summed E-state index contributed by atoms with van der Waals surface area (Å²) in [7, 11) is 0. The SMILES string of the molecule is NCCCCCCC(=O)NCCc1nc2ccc(F)cc2[nH]1. The molecule has 1 aromatic heterocycles. The molecular weight excluding hydrogens is 283 g/mol.